The number of rotatable bonds is 2. The van der Waals surface area contributed by atoms with Crippen LogP contribution in [0.15, 0.2) is 24.3 Å². The van der Waals surface area contributed by atoms with Gasteiger partial charge < -0.3 is 4.74 Å². The van der Waals surface area contributed by atoms with Gasteiger partial charge in [-0.15, -0.1) is 0 Å². The molecule has 1 atom stereocenters. The summed E-state index contributed by atoms with van der Waals surface area (Å²) in [5, 5.41) is 0.650. The van der Waals surface area contributed by atoms with Crippen molar-refractivity contribution in [1.82, 2.24) is 0 Å². The fourth-order valence-corrected chi connectivity index (χ4v) is 1.28. The van der Waals surface area contributed by atoms with Gasteiger partial charge in [0.2, 0.25) is 0 Å². The molecule has 0 aliphatic carbocycles. The Labute approximate surface area is 82.5 Å². The van der Waals surface area contributed by atoms with Gasteiger partial charge in [0.1, 0.15) is 6.10 Å². The molecule has 0 aliphatic rings. The molecule has 0 amide bonds. The summed E-state index contributed by atoms with van der Waals surface area (Å²) in [6.07, 6.45) is -0.240. The Morgan fingerprint density at radius 3 is 2.77 bits per heavy atom. The number of halogens is 1. The number of carbonyl (C=O) groups is 1. The fraction of sp³-hybridized carbons (Fsp3) is 0.300. The second kappa shape index (κ2) is 4.28. The summed E-state index contributed by atoms with van der Waals surface area (Å²) in [6.45, 7) is 3.20. The molecule has 0 saturated heterocycles. The summed E-state index contributed by atoms with van der Waals surface area (Å²) in [5.41, 5.74) is 0.905. The lowest BCUT2D eigenvalue weighted by Gasteiger charge is -2.11. The predicted octanol–water partition coefficient (Wildman–Crippen LogP) is 2.96. The van der Waals surface area contributed by atoms with Crippen LogP contribution in [0, 0.1) is 0 Å². The van der Waals surface area contributed by atoms with Crippen LogP contribution in [-0.4, -0.2) is 5.97 Å². The van der Waals surface area contributed by atoms with E-state index in [0.29, 0.717) is 5.02 Å². The van der Waals surface area contributed by atoms with Crippen LogP contribution in [0.25, 0.3) is 0 Å². The SMILES string of the molecule is CC(=O)O[C@@H](C)c1cccc(Cl)c1. The lowest BCUT2D eigenvalue weighted by Crippen LogP contribution is -2.04. The lowest BCUT2D eigenvalue weighted by atomic mass is 10.1. The van der Waals surface area contributed by atoms with Gasteiger partial charge in [-0.3, -0.25) is 4.79 Å². The van der Waals surface area contributed by atoms with Crippen molar-refractivity contribution in [2.75, 3.05) is 0 Å². The van der Waals surface area contributed by atoms with E-state index >= 15 is 0 Å². The van der Waals surface area contributed by atoms with Gasteiger partial charge in [0, 0.05) is 11.9 Å². The maximum absolute atomic E-state index is 10.7. The van der Waals surface area contributed by atoms with Crippen LogP contribution in [-0.2, 0) is 9.53 Å². The molecule has 0 aromatic heterocycles. The normalized spacial score (nSPS) is 12.2. The van der Waals surface area contributed by atoms with Crippen LogP contribution < -0.4 is 0 Å². The zero-order valence-electron chi connectivity index (χ0n) is 7.58. The Bertz CT molecular complexity index is 310. The van der Waals surface area contributed by atoms with E-state index in [9.17, 15) is 4.79 Å². The van der Waals surface area contributed by atoms with Crippen molar-refractivity contribution < 1.29 is 9.53 Å². The first kappa shape index (κ1) is 10.1. The van der Waals surface area contributed by atoms with Crippen LogP contribution in [0.2, 0.25) is 5.02 Å². The van der Waals surface area contributed by atoms with E-state index in [0.717, 1.165) is 5.56 Å². The van der Waals surface area contributed by atoms with E-state index in [1.165, 1.54) is 6.92 Å². The summed E-state index contributed by atoms with van der Waals surface area (Å²) in [6, 6.07) is 7.28. The van der Waals surface area contributed by atoms with Crippen molar-refractivity contribution >= 4 is 17.6 Å². The Hall–Kier alpha value is -1.02. The minimum absolute atomic E-state index is 0.240. The van der Waals surface area contributed by atoms with Crippen molar-refractivity contribution in [2.24, 2.45) is 0 Å². The largest absolute Gasteiger partial charge is 0.458 e. The van der Waals surface area contributed by atoms with Crippen molar-refractivity contribution in [3.05, 3.63) is 34.9 Å². The summed E-state index contributed by atoms with van der Waals surface area (Å²) >= 11 is 5.78. The van der Waals surface area contributed by atoms with Gasteiger partial charge in [-0.25, -0.2) is 0 Å². The molecule has 0 saturated carbocycles. The molecule has 0 heterocycles. The van der Waals surface area contributed by atoms with Crippen LogP contribution in [0.4, 0.5) is 0 Å². The van der Waals surface area contributed by atoms with E-state index < -0.39 is 0 Å². The Morgan fingerprint density at radius 2 is 2.23 bits per heavy atom. The molecular formula is C10H11ClO2. The Morgan fingerprint density at radius 1 is 1.54 bits per heavy atom. The first-order valence-corrected chi connectivity index (χ1v) is 4.40. The molecule has 13 heavy (non-hydrogen) atoms. The third-order valence-corrected chi connectivity index (χ3v) is 1.90. The average Bonchev–Trinajstić information content (AvgIpc) is 2.03. The molecule has 1 rings (SSSR count). The number of benzene rings is 1. The van der Waals surface area contributed by atoms with Gasteiger partial charge in [0.15, 0.2) is 0 Å². The monoisotopic (exact) mass is 198 g/mol. The summed E-state index contributed by atoms with van der Waals surface area (Å²) < 4.78 is 4.99. The molecule has 0 fully saturated rings. The molecule has 0 aliphatic heterocycles. The number of esters is 1. The molecular weight excluding hydrogens is 188 g/mol. The molecule has 0 bridgehead atoms. The van der Waals surface area contributed by atoms with Gasteiger partial charge in [0.05, 0.1) is 0 Å². The van der Waals surface area contributed by atoms with E-state index in [4.69, 9.17) is 16.3 Å². The maximum atomic E-state index is 10.7. The Kier molecular flexibility index (Phi) is 3.32. The number of hydrogen-bond acceptors (Lipinski definition) is 2. The third-order valence-electron chi connectivity index (χ3n) is 1.66. The highest BCUT2D eigenvalue weighted by atomic mass is 35.5. The van der Waals surface area contributed by atoms with Crippen LogP contribution >= 0.6 is 11.6 Å². The van der Waals surface area contributed by atoms with E-state index in [1.807, 2.05) is 19.1 Å². The van der Waals surface area contributed by atoms with Crippen molar-refractivity contribution in [3.63, 3.8) is 0 Å². The van der Waals surface area contributed by atoms with E-state index in [2.05, 4.69) is 0 Å². The quantitative estimate of drug-likeness (QED) is 0.683. The highest BCUT2D eigenvalue weighted by Crippen LogP contribution is 2.20. The first-order chi connectivity index (χ1) is 6.09. The summed E-state index contributed by atoms with van der Waals surface area (Å²) in [4.78, 5) is 10.7. The molecule has 0 radical (unpaired) electrons. The highest BCUT2D eigenvalue weighted by molar-refractivity contribution is 6.30. The zero-order chi connectivity index (χ0) is 9.84. The fourth-order valence-electron chi connectivity index (χ4n) is 1.08. The third kappa shape index (κ3) is 3.07. The summed E-state index contributed by atoms with van der Waals surface area (Å²) in [5.74, 6) is -0.285. The highest BCUT2D eigenvalue weighted by Gasteiger charge is 2.07. The van der Waals surface area contributed by atoms with E-state index in [-0.39, 0.29) is 12.1 Å². The van der Waals surface area contributed by atoms with Gasteiger partial charge >= 0.3 is 5.97 Å². The molecule has 70 valence electrons. The number of hydrogen-bond donors (Lipinski definition) is 0. The first-order valence-electron chi connectivity index (χ1n) is 4.02. The molecule has 2 nitrogen and oxygen atoms in total. The molecule has 0 N–H and O–H groups in total. The maximum Gasteiger partial charge on any atom is 0.303 e. The second-order valence-corrected chi connectivity index (χ2v) is 3.24. The zero-order valence-corrected chi connectivity index (χ0v) is 8.34. The molecule has 1 aromatic carbocycles. The lowest BCUT2D eigenvalue weighted by molar-refractivity contribution is -0.145. The second-order valence-electron chi connectivity index (χ2n) is 2.81. The van der Waals surface area contributed by atoms with Crippen molar-refractivity contribution in [3.8, 4) is 0 Å². The topological polar surface area (TPSA) is 26.3 Å². The minimum atomic E-state index is -0.285. The average molecular weight is 199 g/mol. The minimum Gasteiger partial charge on any atom is -0.458 e. The molecule has 0 spiro atoms. The van der Waals surface area contributed by atoms with Crippen LogP contribution in [0.5, 0.6) is 0 Å². The van der Waals surface area contributed by atoms with E-state index in [1.54, 1.807) is 12.1 Å². The van der Waals surface area contributed by atoms with Gasteiger partial charge in [-0.2, -0.15) is 0 Å². The van der Waals surface area contributed by atoms with Gasteiger partial charge in [-0.1, -0.05) is 23.7 Å². The summed E-state index contributed by atoms with van der Waals surface area (Å²) in [7, 11) is 0. The standard InChI is InChI=1S/C10H11ClO2/c1-7(13-8(2)12)9-4-3-5-10(11)6-9/h3-7H,1-2H3/t7-/m0/s1. The molecule has 3 heteroatoms. The van der Waals surface area contributed by atoms with Crippen LogP contribution in [0.3, 0.4) is 0 Å². The smallest absolute Gasteiger partial charge is 0.303 e. The number of carbonyl (C=O) groups excluding carboxylic acids is 1. The predicted molar refractivity (Wildman–Crippen MR) is 51.6 cm³/mol. The molecule has 0 unspecified atom stereocenters. The van der Waals surface area contributed by atoms with Gasteiger partial charge in [-0.05, 0) is 24.6 Å². The van der Waals surface area contributed by atoms with Crippen molar-refractivity contribution in [2.45, 2.75) is 20.0 Å². The Balaban J connectivity index is 2.76. The van der Waals surface area contributed by atoms with Gasteiger partial charge in [0.25, 0.3) is 0 Å². The van der Waals surface area contributed by atoms with Crippen LogP contribution in [0.1, 0.15) is 25.5 Å². The van der Waals surface area contributed by atoms with Crippen molar-refractivity contribution in [1.29, 1.82) is 0 Å². The number of ether oxygens (including phenoxy) is 1. The molecule has 1 aromatic rings.